The van der Waals surface area contributed by atoms with Gasteiger partial charge in [0, 0.05) is 24.8 Å². The van der Waals surface area contributed by atoms with Crippen molar-refractivity contribution in [3.8, 4) is 17.6 Å². The van der Waals surface area contributed by atoms with Crippen LogP contribution in [0.5, 0.6) is 11.5 Å². The SMILES string of the molecule is N#CC1(NC(=O)C[NH+]2CCC[C@@H]2c2ccc3c(c2)OCCCO3)CCCCC1. The Hall–Kier alpha value is -2.26. The summed E-state index contributed by atoms with van der Waals surface area (Å²) in [6, 6.07) is 8.87. The zero-order chi connectivity index (χ0) is 19.4. The molecule has 1 saturated heterocycles. The van der Waals surface area contributed by atoms with Crippen LogP contribution in [-0.2, 0) is 4.79 Å². The fourth-order valence-corrected chi connectivity index (χ4v) is 4.86. The quantitative estimate of drug-likeness (QED) is 0.832. The van der Waals surface area contributed by atoms with Gasteiger partial charge in [-0.1, -0.05) is 19.3 Å². The number of carbonyl (C=O) groups excluding carboxylic acids is 1. The van der Waals surface area contributed by atoms with E-state index in [0.717, 1.165) is 69.4 Å². The van der Waals surface area contributed by atoms with E-state index in [1.54, 1.807) is 0 Å². The molecule has 1 unspecified atom stereocenters. The number of hydrogen-bond donors (Lipinski definition) is 2. The number of nitrogens with one attached hydrogen (secondary N) is 2. The third kappa shape index (κ3) is 4.10. The van der Waals surface area contributed by atoms with E-state index in [2.05, 4.69) is 23.5 Å². The summed E-state index contributed by atoms with van der Waals surface area (Å²) in [5.74, 6) is 1.63. The molecule has 2 aliphatic heterocycles. The summed E-state index contributed by atoms with van der Waals surface area (Å²) in [6.45, 7) is 2.76. The van der Waals surface area contributed by atoms with Gasteiger partial charge in [0.05, 0.1) is 25.8 Å². The Morgan fingerprint density at radius 2 is 1.93 bits per heavy atom. The molecule has 1 amide bonds. The monoisotopic (exact) mass is 384 g/mol. The molecule has 0 spiro atoms. The molecule has 2 N–H and O–H groups in total. The first kappa shape index (κ1) is 19.1. The molecule has 1 saturated carbocycles. The van der Waals surface area contributed by atoms with Gasteiger partial charge in [0.2, 0.25) is 0 Å². The first-order chi connectivity index (χ1) is 13.7. The Kier molecular flexibility index (Phi) is 5.72. The van der Waals surface area contributed by atoms with Crippen molar-refractivity contribution in [2.45, 2.75) is 62.9 Å². The first-order valence-corrected chi connectivity index (χ1v) is 10.7. The largest absolute Gasteiger partial charge is 0.490 e. The molecule has 0 bridgehead atoms. The van der Waals surface area contributed by atoms with Crippen molar-refractivity contribution in [2.24, 2.45) is 0 Å². The van der Waals surface area contributed by atoms with E-state index in [4.69, 9.17) is 9.47 Å². The molecule has 3 aliphatic rings. The smallest absolute Gasteiger partial charge is 0.276 e. The molecule has 6 nitrogen and oxygen atoms in total. The number of fused-ring (bicyclic) bond motifs is 1. The Balaban J connectivity index is 1.43. The van der Waals surface area contributed by atoms with Crippen molar-refractivity contribution in [1.29, 1.82) is 5.26 Å². The predicted octanol–water partition coefficient (Wildman–Crippen LogP) is 1.91. The molecular formula is C22H30N3O3+. The molecule has 1 aliphatic carbocycles. The topological polar surface area (TPSA) is 75.8 Å². The molecule has 1 aromatic carbocycles. The maximum atomic E-state index is 12.8. The molecule has 6 heteroatoms. The van der Waals surface area contributed by atoms with Crippen molar-refractivity contribution >= 4 is 5.91 Å². The number of likely N-dealkylation sites (tertiary alicyclic amines) is 1. The van der Waals surface area contributed by atoms with E-state index < -0.39 is 5.54 Å². The number of carbonyl (C=O) groups is 1. The van der Waals surface area contributed by atoms with Crippen LogP contribution in [-0.4, -0.2) is 37.7 Å². The molecule has 2 atom stereocenters. The second kappa shape index (κ2) is 8.40. The van der Waals surface area contributed by atoms with Crippen LogP contribution in [0.25, 0.3) is 0 Å². The van der Waals surface area contributed by atoms with Crippen molar-refractivity contribution in [2.75, 3.05) is 26.3 Å². The van der Waals surface area contributed by atoms with Crippen LogP contribution in [0.3, 0.4) is 0 Å². The number of ether oxygens (including phenoxy) is 2. The highest BCUT2D eigenvalue weighted by molar-refractivity contribution is 5.78. The summed E-state index contributed by atoms with van der Waals surface area (Å²) in [4.78, 5) is 14.0. The van der Waals surface area contributed by atoms with Crippen LogP contribution >= 0.6 is 0 Å². The standard InChI is InChI=1S/C22H29N3O3/c23-16-22(9-2-1-3-10-22)24-21(26)15-25-11-4-6-18(25)17-7-8-19-20(14-17)28-13-5-12-27-19/h7-8,14,18H,1-6,9-13,15H2,(H,24,26)/p+1/t18-/m1/s1. The Morgan fingerprint density at radius 1 is 1.14 bits per heavy atom. The van der Waals surface area contributed by atoms with Gasteiger partial charge in [0.15, 0.2) is 18.0 Å². The molecule has 4 rings (SSSR count). The molecule has 28 heavy (non-hydrogen) atoms. The highest BCUT2D eigenvalue weighted by atomic mass is 16.5. The second-order valence-electron chi connectivity index (χ2n) is 8.34. The highest BCUT2D eigenvalue weighted by Gasteiger charge is 2.37. The van der Waals surface area contributed by atoms with Gasteiger partial charge in [0.25, 0.3) is 5.91 Å². The number of amides is 1. The summed E-state index contributed by atoms with van der Waals surface area (Å²) in [7, 11) is 0. The fourth-order valence-electron chi connectivity index (χ4n) is 4.86. The number of hydrogen-bond acceptors (Lipinski definition) is 4. The van der Waals surface area contributed by atoms with Crippen molar-refractivity contribution in [3.05, 3.63) is 23.8 Å². The normalized spacial score (nSPS) is 26.1. The van der Waals surface area contributed by atoms with Crippen molar-refractivity contribution in [1.82, 2.24) is 5.32 Å². The molecule has 0 aromatic heterocycles. The molecular weight excluding hydrogens is 354 g/mol. The van der Waals surface area contributed by atoms with Gasteiger partial charge >= 0.3 is 0 Å². The van der Waals surface area contributed by atoms with E-state index in [9.17, 15) is 10.1 Å². The first-order valence-electron chi connectivity index (χ1n) is 10.7. The molecule has 150 valence electrons. The third-order valence-electron chi connectivity index (χ3n) is 6.34. The van der Waals surface area contributed by atoms with Gasteiger partial charge in [-0.3, -0.25) is 4.79 Å². The van der Waals surface area contributed by atoms with Crippen LogP contribution < -0.4 is 19.7 Å². The average molecular weight is 385 g/mol. The molecule has 1 aromatic rings. The number of nitrogens with zero attached hydrogens (tertiary/aromatic N) is 1. The van der Waals surface area contributed by atoms with E-state index in [1.165, 1.54) is 10.5 Å². The molecule has 2 heterocycles. The third-order valence-corrected chi connectivity index (χ3v) is 6.34. The van der Waals surface area contributed by atoms with Gasteiger partial charge in [-0.2, -0.15) is 5.26 Å². The minimum Gasteiger partial charge on any atom is -0.490 e. The maximum absolute atomic E-state index is 12.8. The van der Waals surface area contributed by atoms with Crippen LogP contribution in [0.1, 0.15) is 63.0 Å². The highest BCUT2D eigenvalue weighted by Crippen LogP contribution is 2.33. The van der Waals surface area contributed by atoms with E-state index in [0.29, 0.717) is 19.8 Å². The van der Waals surface area contributed by atoms with E-state index in [-0.39, 0.29) is 11.9 Å². The number of quaternary nitrogens is 1. The summed E-state index contributed by atoms with van der Waals surface area (Å²) in [5, 5.41) is 12.7. The Morgan fingerprint density at radius 3 is 2.71 bits per heavy atom. The number of benzene rings is 1. The molecule has 2 fully saturated rings. The van der Waals surface area contributed by atoms with Gasteiger partial charge < -0.3 is 19.7 Å². The van der Waals surface area contributed by atoms with Crippen molar-refractivity contribution < 1.29 is 19.2 Å². The van der Waals surface area contributed by atoms with Crippen LogP contribution in [0.15, 0.2) is 18.2 Å². The number of rotatable bonds is 4. The summed E-state index contributed by atoms with van der Waals surface area (Å²) < 4.78 is 11.6. The number of nitriles is 1. The maximum Gasteiger partial charge on any atom is 0.276 e. The zero-order valence-electron chi connectivity index (χ0n) is 16.5. The van der Waals surface area contributed by atoms with Crippen LogP contribution in [0, 0.1) is 11.3 Å². The lowest BCUT2D eigenvalue weighted by Gasteiger charge is -2.32. The minimum atomic E-state index is -0.654. The van der Waals surface area contributed by atoms with Gasteiger partial charge in [0.1, 0.15) is 11.6 Å². The summed E-state index contributed by atoms with van der Waals surface area (Å²) in [5.41, 5.74) is 0.552. The predicted molar refractivity (Wildman–Crippen MR) is 104 cm³/mol. The minimum absolute atomic E-state index is 0.000284. The Bertz CT molecular complexity index is 752. The Labute approximate surface area is 166 Å². The summed E-state index contributed by atoms with van der Waals surface area (Å²) >= 11 is 0. The van der Waals surface area contributed by atoms with Crippen LogP contribution in [0.4, 0.5) is 0 Å². The van der Waals surface area contributed by atoms with Gasteiger partial charge in [-0.25, -0.2) is 0 Å². The lowest BCUT2D eigenvalue weighted by Crippen LogP contribution is -3.11. The van der Waals surface area contributed by atoms with Crippen molar-refractivity contribution in [3.63, 3.8) is 0 Å². The van der Waals surface area contributed by atoms with Gasteiger partial charge in [-0.05, 0) is 31.0 Å². The fraction of sp³-hybridized carbons (Fsp3) is 0.636. The van der Waals surface area contributed by atoms with E-state index >= 15 is 0 Å². The van der Waals surface area contributed by atoms with E-state index in [1.807, 2.05) is 6.07 Å². The van der Waals surface area contributed by atoms with Crippen LogP contribution in [0.2, 0.25) is 0 Å². The average Bonchev–Trinajstić information content (AvgIpc) is 3.03. The second-order valence-corrected chi connectivity index (χ2v) is 8.34. The zero-order valence-corrected chi connectivity index (χ0v) is 16.5. The van der Waals surface area contributed by atoms with Gasteiger partial charge in [-0.15, -0.1) is 0 Å². The summed E-state index contributed by atoms with van der Waals surface area (Å²) in [6.07, 6.45) is 7.80. The lowest BCUT2D eigenvalue weighted by atomic mass is 9.83. The lowest BCUT2D eigenvalue weighted by molar-refractivity contribution is -0.910. The molecule has 0 radical (unpaired) electrons.